The van der Waals surface area contributed by atoms with Crippen molar-refractivity contribution in [3.05, 3.63) is 29.6 Å². The molecule has 144 valence electrons. The number of hydrogen-bond donors (Lipinski definition) is 1. The molecule has 5 nitrogen and oxygen atoms in total. The van der Waals surface area contributed by atoms with Crippen LogP contribution in [0.1, 0.15) is 50.5 Å². The Kier molecular flexibility index (Phi) is 3.77. The predicted molar refractivity (Wildman–Crippen MR) is 98.4 cm³/mol. The summed E-state index contributed by atoms with van der Waals surface area (Å²) in [4.78, 5) is 13.1. The second-order valence-electron chi connectivity index (χ2n) is 8.91. The lowest BCUT2D eigenvalue weighted by atomic mass is 9.49. The topological polar surface area (TPSA) is 75.6 Å². The maximum Gasteiger partial charge on any atom is 0.246 e. The molecule has 0 atom stereocenters. The van der Waals surface area contributed by atoms with E-state index in [0.717, 1.165) is 25.3 Å². The molecule has 7 heteroatoms. The highest BCUT2D eigenvalue weighted by molar-refractivity contribution is 7.91. The summed E-state index contributed by atoms with van der Waals surface area (Å²) in [6.45, 7) is 0. The minimum Gasteiger partial charge on any atom is -0.273 e. The number of benzene rings is 1. The number of sulfone groups is 1. The molecule has 4 aliphatic carbocycles. The van der Waals surface area contributed by atoms with Crippen molar-refractivity contribution in [1.29, 1.82) is 0 Å². The number of hydrogen-bond acceptors (Lipinski definition) is 4. The summed E-state index contributed by atoms with van der Waals surface area (Å²) in [6.07, 6.45) is 6.77. The van der Waals surface area contributed by atoms with E-state index in [-0.39, 0.29) is 34.0 Å². The molecule has 1 amide bonds. The number of carbonyl (C=O) groups is 1. The van der Waals surface area contributed by atoms with Crippen LogP contribution in [0.4, 0.5) is 4.39 Å². The van der Waals surface area contributed by atoms with Gasteiger partial charge in [-0.2, -0.15) is 5.10 Å². The second-order valence-corrected chi connectivity index (χ2v) is 11.0. The van der Waals surface area contributed by atoms with Crippen LogP contribution in [0.5, 0.6) is 0 Å². The van der Waals surface area contributed by atoms with Crippen LogP contribution < -0.4 is 5.43 Å². The number of rotatable bonds is 2. The molecule has 1 aromatic carbocycles. The first-order valence-electron chi connectivity index (χ1n) is 9.74. The first-order valence-corrected chi connectivity index (χ1v) is 11.4. The Morgan fingerprint density at radius 2 is 1.74 bits per heavy atom. The van der Waals surface area contributed by atoms with Crippen molar-refractivity contribution in [2.45, 2.75) is 49.8 Å². The third-order valence-corrected chi connectivity index (χ3v) is 8.78. The molecular formula is C20H23FN2O3S. The summed E-state index contributed by atoms with van der Waals surface area (Å²) in [5.74, 6) is 1.35. The summed E-state index contributed by atoms with van der Waals surface area (Å²) in [6, 6.07) is 3.63. The van der Waals surface area contributed by atoms with Gasteiger partial charge in [-0.1, -0.05) is 0 Å². The largest absolute Gasteiger partial charge is 0.273 e. The molecule has 6 rings (SSSR count). The van der Waals surface area contributed by atoms with Gasteiger partial charge < -0.3 is 0 Å². The third kappa shape index (κ3) is 2.82. The molecule has 0 unspecified atom stereocenters. The van der Waals surface area contributed by atoms with Gasteiger partial charge in [0.25, 0.3) is 0 Å². The molecule has 27 heavy (non-hydrogen) atoms. The molecule has 1 aliphatic heterocycles. The van der Waals surface area contributed by atoms with Crippen LogP contribution in [0.25, 0.3) is 0 Å². The van der Waals surface area contributed by atoms with Crippen LogP contribution >= 0.6 is 0 Å². The number of halogens is 1. The maximum absolute atomic E-state index is 13.7. The van der Waals surface area contributed by atoms with Crippen LogP contribution in [0.2, 0.25) is 0 Å². The fourth-order valence-electron chi connectivity index (χ4n) is 6.22. The second kappa shape index (κ2) is 5.87. The van der Waals surface area contributed by atoms with Gasteiger partial charge in [0.15, 0.2) is 9.84 Å². The molecule has 0 aromatic heterocycles. The van der Waals surface area contributed by atoms with E-state index < -0.39 is 15.7 Å². The summed E-state index contributed by atoms with van der Waals surface area (Å²) >= 11 is 0. The quantitative estimate of drug-likeness (QED) is 0.623. The number of fused-ring (bicyclic) bond motifs is 1. The van der Waals surface area contributed by atoms with Crippen molar-refractivity contribution < 1.29 is 17.6 Å². The number of amides is 1. The van der Waals surface area contributed by atoms with Gasteiger partial charge in [0.1, 0.15) is 5.82 Å². The molecule has 1 heterocycles. The van der Waals surface area contributed by atoms with E-state index in [0.29, 0.717) is 23.5 Å². The summed E-state index contributed by atoms with van der Waals surface area (Å²) in [5, 5.41) is 4.27. The SMILES string of the molecule is O=C(NN=C1CCS(=O)(=O)c2ccc(F)cc21)C12CC3CC(CC(C3)C1)C2. The molecule has 1 aromatic rings. The van der Waals surface area contributed by atoms with Gasteiger partial charge in [0, 0.05) is 12.0 Å². The number of nitrogens with zero attached hydrogens (tertiary/aromatic N) is 1. The van der Waals surface area contributed by atoms with Gasteiger partial charge in [-0.15, -0.1) is 0 Å². The number of carbonyl (C=O) groups excluding carboxylic acids is 1. The highest BCUT2D eigenvalue weighted by atomic mass is 32.2. The van der Waals surface area contributed by atoms with E-state index in [1.165, 1.54) is 31.4 Å². The summed E-state index contributed by atoms with van der Waals surface area (Å²) < 4.78 is 38.2. The third-order valence-electron chi connectivity index (χ3n) is 7.01. The van der Waals surface area contributed by atoms with Gasteiger partial charge in [-0.25, -0.2) is 18.2 Å². The number of hydrazone groups is 1. The standard InChI is InChI=1S/C20H23FN2O3S/c21-15-1-2-18-16(8-15)17(3-4-27(18,25)26)22-23-19(24)20-9-12-5-13(10-20)7-14(6-12)11-20/h1-2,8,12-14H,3-7,9-11H2,(H,23,24). The Balaban J connectivity index is 1.42. The smallest absolute Gasteiger partial charge is 0.246 e. The van der Waals surface area contributed by atoms with Gasteiger partial charge in [-0.05, 0) is 74.5 Å². The predicted octanol–water partition coefficient (Wildman–Crippen LogP) is 3.04. The Bertz CT molecular complexity index is 919. The molecular weight excluding hydrogens is 367 g/mol. The Morgan fingerprint density at radius 1 is 1.11 bits per heavy atom. The Labute approximate surface area is 158 Å². The van der Waals surface area contributed by atoms with E-state index in [4.69, 9.17) is 0 Å². The minimum absolute atomic E-state index is 0.0412. The van der Waals surface area contributed by atoms with E-state index in [2.05, 4.69) is 10.5 Å². The van der Waals surface area contributed by atoms with E-state index in [1.807, 2.05) is 0 Å². The molecule has 5 aliphatic rings. The van der Waals surface area contributed by atoms with Gasteiger partial charge in [0.05, 0.1) is 21.8 Å². The lowest BCUT2D eigenvalue weighted by molar-refractivity contribution is -0.146. The van der Waals surface area contributed by atoms with Gasteiger partial charge in [-0.3, -0.25) is 4.79 Å². The lowest BCUT2D eigenvalue weighted by Crippen LogP contribution is -2.53. The fraction of sp³-hybridized carbons (Fsp3) is 0.600. The molecule has 0 saturated heterocycles. The van der Waals surface area contributed by atoms with Crippen LogP contribution in [-0.2, 0) is 14.6 Å². The van der Waals surface area contributed by atoms with E-state index >= 15 is 0 Å². The van der Waals surface area contributed by atoms with E-state index in [1.54, 1.807) is 0 Å². The van der Waals surface area contributed by atoms with Crippen LogP contribution in [-0.4, -0.2) is 25.8 Å². The average molecular weight is 390 g/mol. The summed E-state index contributed by atoms with van der Waals surface area (Å²) in [7, 11) is -3.43. The monoisotopic (exact) mass is 390 g/mol. The van der Waals surface area contributed by atoms with Crippen molar-refractivity contribution in [3.63, 3.8) is 0 Å². The first kappa shape index (κ1) is 17.3. The molecule has 4 bridgehead atoms. The van der Waals surface area contributed by atoms with Crippen LogP contribution in [0.3, 0.4) is 0 Å². The maximum atomic E-state index is 13.7. The zero-order chi connectivity index (χ0) is 18.8. The van der Waals surface area contributed by atoms with Crippen molar-refractivity contribution in [3.8, 4) is 0 Å². The average Bonchev–Trinajstić information content (AvgIpc) is 2.59. The van der Waals surface area contributed by atoms with Crippen molar-refractivity contribution in [1.82, 2.24) is 5.43 Å². The lowest BCUT2D eigenvalue weighted by Gasteiger charge is -2.55. The summed E-state index contributed by atoms with van der Waals surface area (Å²) in [5.41, 5.74) is 3.13. The zero-order valence-electron chi connectivity index (χ0n) is 15.1. The van der Waals surface area contributed by atoms with E-state index in [9.17, 15) is 17.6 Å². The highest BCUT2D eigenvalue weighted by Crippen LogP contribution is 2.60. The molecule has 4 saturated carbocycles. The van der Waals surface area contributed by atoms with Crippen molar-refractivity contribution in [2.24, 2.45) is 28.3 Å². The fourth-order valence-corrected chi connectivity index (χ4v) is 7.69. The van der Waals surface area contributed by atoms with Crippen LogP contribution in [0.15, 0.2) is 28.2 Å². The van der Waals surface area contributed by atoms with Gasteiger partial charge in [0.2, 0.25) is 5.91 Å². The molecule has 4 fully saturated rings. The Morgan fingerprint density at radius 3 is 2.37 bits per heavy atom. The van der Waals surface area contributed by atoms with Crippen molar-refractivity contribution in [2.75, 3.05) is 5.75 Å². The van der Waals surface area contributed by atoms with Gasteiger partial charge >= 0.3 is 0 Å². The first-order chi connectivity index (χ1) is 12.8. The molecule has 1 N–H and O–H groups in total. The normalized spacial score (nSPS) is 37.2. The molecule has 0 spiro atoms. The zero-order valence-corrected chi connectivity index (χ0v) is 15.9. The number of nitrogens with one attached hydrogen (secondary N) is 1. The minimum atomic E-state index is -3.43. The highest BCUT2D eigenvalue weighted by Gasteiger charge is 2.54. The van der Waals surface area contributed by atoms with Crippen LogP contribution in [0, 0.1) is 29.0 Å². The van der Waals surface area contributed by atoms with Crippen molar-refractivity contribution >= 4 is 21.5 Å². The Hall–Kier alpha value is -1.76. The molecule has 0 radical (unpaired) electrons.